The zero-order valence-electron chi connectivity index (χ0n) is 10.1. The van der Waals surface area contributed by atoms with Crippen LogP contribution < -0.4 is 10.1 Å². The van der Waals surface area contributed by atoms with Crippen LogP contribution in [0.15, 0.2) is 24.3 Å². The van der Waals surface area contributed by atoms with Crippen LogP contribution in [0, 0.1) is 0 Å². The van der Waals surface area contributed by atoms with Crippen molar-refractivity contribution in [2.24, 2.45) is 0 Å². The van der Waals surface area contributed by atoms with Crippen LogP contribution in [0.4, 0.5) is 5.69 Å². The number of hydrogen-bond donors (Lipinski definition) is 1. The van der Waals surface area contributed by atoms with Crippen LogP contribution >= 0.6 is 11.8 Å². The molecule has 1 heterocycles. The summed E-state index contributed by atoms with van der Waals surface area (Å²) in [5.74, 6) is 3.38. The smallest absolute Gasteiger partial charge is 0.119 e. The highest BCUT2D eigenvalue weighted by Gasteiger charge is 2.14. The summed E-state index contributed by atoms with van der Waals surface area (Å²) in [7, 11) is 1.68. The minimum Gasteiger partial charge on any atom is -0.491 e. The van der Waals surface area contributed by atoms with Gasteiger partial charge in [-0.2, -0.15) is 11.8 Å². The first-order chi connectivity index (χ1) is 8.38. The molecular weight excluding hydrogens is 234 g/mol. The van der Waals surface area contributed by atoms with Gasteiger partial charge in [-0.15, -0.1) is 0 Å². The van der Waals surface area contributed by atoms with Crippen LogP contribution in [-0.4, -0.2) is 37.9 Å². The second kappa shape index (κ2) is 6.77. The quantitative estimate of drug-likeness (QED) is 0.790. The summed E-state index contributed by atoms with van der Waals surface area (Å²) in [5.41, 5.74) is 1.18. The van der Waals surface area contributed by atoms with Crippen LogP contribution in [0.1, 0.15) is 6.42 Å². The predicted octanol–water partition coefficient (Wildman–Crippen LogP) is 2.63. The standard InChI is InChI=1S/C13H19NO2S/c1-15-7-8-16-13-4-2-11(3-5-13)14-12-6-9-17-10-12/h2-5,12,14H,6-10H2,1H3. The van der Waals surface area contributed by atoms with Crippen molar-refractivity contribution in [2.75, 3.05) is 37.1 Å². The van der Waals surface area contributed by atoms with Gasteiger partial charge in [-0.25, -0.2) is 0 Å². The third-order valence-electron chi connectivity index (χ3n) is 2.71. The van der Waals surface area contributed by atoms with Crippen molar-refractivity contribution in [3.8, 4) is 5.75 Å². The molecule has 4 heteroatoms. The molecule has 1 unspecified atom stereocenters. The fourth-order valence-electron chi connectivity index (χ4n) is 1.77. The SMILES string of the molecule is COCCOc1ccc(NC2CCSC2)cc1. The van der Waals surface area contributed by atoms with E-state index < -0.39 is 0 Å². The zero-order valence-corrected chi connectivity index (χ0v) is 11.0. The topological polar surface area (TPSA) is 30.5 Å². The lowest BCUT2D eigenvalue weighted by Gasteiger charge is -2.13. The number of thioether (sulfide) groups is 1. The van der Waals surface area contributed by atoms with Gasteiger partial charge < -0.3 is 14.8 Å². The number of methoxy groups -OCH3 is 1. The van der Waals surface area contributed by atoms with Crippen molar-refractivity contribution in [1.82, 2.24) is 0 Å². The first kappa shape index (κ1) is 12.6. The maximum absolute atomic E-state index is 5.51. The van der Waals surface area contributed by atoms with Crippen LogP contribution in [0.2, 0.25) is 0 Å². The van der Waals surface area contributed by atoms with E-state index in [-0.39, 0.29) is 0 Å². The lowest BCUT2D eigenvalue weighted by molar-refractivity contribution is 0.146. The van der Waals surface area contributed by atoms with Crippen molar-refractivity contribution >= 4 is 17.4 Å². The number of rotatable bonds is 6. The fourth-order valence-corrected chi connectivity index (χ4v) is 2.93. The number of ether oxygens (including phenoxy) is 2. The fraction of sp³-hybridized carbons (Fsp3) is 0.538. The number of nitrogens with one attached hydrogen (secondary N) is 1. The van der Waals surface area contributed by atoms with Gasteiger partial charge in [0, 0.05) is 24.6 Å². The molecule has 1 N–H and O–H groups in total. The Balaban J connectivity index is 1.80. The normalized spacial score (nSPS) is 19.2. The maximum atomic E-state index is 5.51. The van der Waals surface area contributed by atoms with Gasteiger partial charge in [0.25, 0.3) is 0 Å². The lowest BCUT2D eigenvalue weighted by atomic mass is 10.2. The second-order valence-electron chi connectivity index (χ2n) is 4.07. The third kappa shape index (κ3) is 4.13. The average molecular weight is 253 g/mol. The summed E-state index contributed by atoms with van der Waals surface area (Å²) in [6, 6.07) is 8.77. The van der Waals surface area contributed by atoms with Crippen molar-refractivity contribution in [1.29, 1.82) is 0 Å². The van der Waals surface area contributed by atoms with Crippen molar-refractivity contribution in [3.63, 3.8) is 0 Å². The molecule has 17 heavy (non-hydrogen) atoms. The Morgan fingerprint density at radius 2 is 2.12 bits per heavy atom. The van der Waals surface area contributed by atoms with Gasteiger partial charge in [0.15, 0.2) is 0 Å². The first-order valence-electron chi connectivity index (χ1n) is 5.94. The number of benzene rings is 1. The van der Waals surface area contributed by atoms with Gasteiger partial charge >= 0.3 is 0 Å². The monoisotopic (exact) mass is 253 g/mol. The second-order valence-corrected chi connectivity index (χ2v) is 5.22. The molecule has 3 nitrogen and oxygen atoms in total. The van der Waals surface area contributed by atoms with Gasteiger partial charge in [-0.3, -0.25) is 0 Å². The van der Waals surface area contributed by atoms with E-state index in [1.54, 1.807) is 7.11 Å². The van der Waals surface area contributed by atoms with Gasteiger partial charge in [-0.1, -0.05) is 0 Å². The largest absolute Gasteiger partial charge is 0.491 e. The Hall–Kier alpha value is -0.870. The minimum absolute atomic E-state index is 0.600. The number of hydrogen-bond acceptors (Lipinski definition) is 4. The predicted molar refractivity (Wildman–Crippen MR) is 73.2 cm³/mol. The van der Waals surface area contributed by atoms with Crippen LogP contribution in [-0.2, 0) is 4.74 Å². The van der Waals surface area contributed by atoms with Gasteiger partial charge in [0.2, 0.25) is 0 Å². The molecule has 94 valence electrons. The molecule has 0 amide bonds. The van der Waals surface area contributed by atoms with E-state index in [4.69, 9.17) is 9.47 Å². The average Bonchev–Trinajstić information content (AvgIpc) is 2.85. The lowest BCUT2D eigenvalue weighted by Crippen LogP contribution is -2.17. The molecule has 1 saturated heterocycles. The highest BCUT2D eigenvalue weighted by atomic mass is 32.2. The summed E-state index contributed by atoms with van der Waals surface area (Å²) in [5, 5.41) is 3.53. The molecule has 1 fully saturated rings. The Morgan fingerprint density at radius 1 is 1.29 bits per heavy atom. The van der Waals surface area contributed by atoms with Crippen molar-refractivity contribution in [3.05, 3.63) is 24.3 Å². The van der Waals surface area contributed by atoms with Gasteiger partial charge in [0.1, 0.15) is 12.4 Å². The first-order valence-corrected chi connectivity index (χ1v) is 7.10. The molecule has 1 atom stereocenters. The third-order valence-corrected chi connectivity index (χ3v) is 3.87. The van der Waals surface area contributed by atoms with Crippen LogP contribution in [0.3, 0.4) is 0 Å². The van der Waals surface area contributed by atoms with E-state index >= 15 is 0 Å². The van der Waals surface area contributed by atoms with Crippen LogP contribution in [0.25, 0.3) is 0 Å². The molecule has 0 bridgehead atoms. The summed E-state index contributed by atoms with van der Waals surface area (Å²) in [4.78, 5) is 0. The highest BCUT2D eigenvalue weighted by molar-refractivity contribution is 7.99. The summed E-state index contributed by atoms with van der Waals surface area (Å²) < 4.78 is 10.5. The Kier molecular flexibility index (Phi) is 5.01. The maximum Gasteiger partial charge on any atom is 0.119 e. The molecule has 1 aliphatic rings. The summed E-state index contributed by atoms with van der Waals surface area (Å²) in [6.45, 7) is 1.22. The Morgan fingerprint density at radius 3 is 2.76 bits per heavy atom. The van der Waals surface area contributed by atoms with E-state index in [1.165, 1.54) is 23.6 Å². The molecule has 0 spiro atoms. The molecule has 2 rings (SSSR count). The van der Waals surface area contributed by atoms with E-state index in [1.807, 2.05) is 23.9 Å². The van der Waals surface area contributed by atoms with Gasteiger partial charge in [-0.05, 0) is 36.4 Å². The number of anilines is 1. The summed E-state index contributed by atoms with van der Waals surface area (Å²) >= 11 is 2.02. The van der Waals surface area contributed by atoms with E-state index in [2.05, 4.69) is 17.4 Å². The molecule has 1 aromatic carbocycles. The Bertz CT molecular complexity index is 323. The molecule has 0 radical (unpaired) electrons. The zero-order chi connectivity index (χ0) is 11.9. The minimum atomic E-state index is 0.600. The molecule has 0 aromatic heterocycles. The van der Waals surface area contributed by atoms with Gasteiger partial charge in [0.05, 0.1) is 6.61 Å². The molecule has 1 aromatic rings. The molecule has 0 aliphatic carbocycles. The van der Waals surface area contributed by atoms with Crippen molar-refractivity contribution < 1.29 is 9.47 Å². The summed E-state index contributed by atoms with van der Waals surface area (Å²) in [6.07, 6.45) is 1.26. The highest BCUT2D eigenvalue weighted by Crippen LogP contribution is 2.22. The van der Waals surface area contributed by atoms with E-state index in [9.17, 15) is 0 Å². The molecule has 0 saturated carbocycles. The van der Waals surface area contributed by atoms with Crippen molar-refractivity contribution in [2.45, 2.75) is 12.5 Å². The Labute approximate surface area is 107 Å². The van der Waals surface area contributed by atoms with E-state index in [0.29, 0.717) is 19.3 Å². The molecular formula is C13H19NO2S. The van der Waals surface area contributed by atoms with Crippen LogP contribution in [0.5, 0.6) is 5.75 Å². The molecule has 1 aliphatic heterocycles. The van der Waals surface area contributed by atoms with E-state index in [0.717, 1.165) is 5.75 Å².